The molecule has 0 saturated carbocycles. The number of hydrogen-bond donors (Lipinski definition) is 5. The first-order chi connectivity index (χ1) is 26.1. The molecule has 2 fully saturated rings. The number of β-amino-alcohol motifs (C(OH)–C–C–N with tert-alkyl or cyclic N) is 1. The predicted octanol–water partition coefficient (Wildman–Crippen LogP) is 3.49. The van der Waals surface area contributed by atoms with Crippen LogP contribution in [0.4, 0.5) is 15.9 Å². The van der Waals surface area contributed by atoms with Crippen LogP contribution in [0.2, 0.25) is 0 Å². The molecule has 6 rings (SSSR count). The molecule has 55 heavy (non-hydrogen) atoms. The zero-order valence-electron chi connectivity index (χ0n) is 31.6. The number of halogens is 1. The quantitative estimate of drug-likeness (QED) is 0.159. The Morgan fingerprint density at radius 1 is 1.05 bits per heavy atom. The molecule has 3 amide bonds. The second-order valence-corrected chi connectivity index (χ2v) is 16.1. The lowest BCUT2D eigenvalue weighted by Crippen LogP contribution is -2.59. The minimum atomic E-state index is -0.956. The van der Waals surface area contributed by atoms with E-state index in [9.17, 15) is 29.0 Å². The average Bonchev–Trinajstić information content (AvgIpc) is 3.77. The first-order valence-electron chi connectivity index (χ1n) is 18.3. The van der Waals surface area contributed by atoms with Gasteiger partial charge >= 0.3 is 0 Å². The molecule has 292 valence electrons. The molecule has 0 spiro atoms. The molecule has 0 radical (unpaired) electrons. The molecule has 2 saturated heterocycles. The number of phenols is 1. The Bertz CT molecular complexity index is 2030. The molecule has 0 aliphatic carbocycles. The highest BCUT2D eigenvalue weighted by atomic mass is 32.1. The highest BCUT2D eigenvalue weighted by molar-refractivity contribution is 7.13. The number of carbonyl (C=O) groups excluding carboxylic acids is 3. The summed E-state index contributed by atoms with van der Waals surface area (Å²) in [6.45, 7) is 11.4. The highest BCUT2D eigenvalue weighted by Crippen LogP contribution is 2.34. The first-order valence-corrected chi connectivity index (χ1v) is 19.2. The normalized spacial score (nSPS) is 18.9. The Morgan fingerprint density at radius 3 is 2.42 bits per heavy atom. The number of nitrogens with one attached hydrogen (secondary N) is 2. The molecular weight excluding hydrogens is 726 g/mol. The molecule has 4 heterocycles. The fourth-order valence-electron chi connectivity index (χ4n) is 7.07. The van der Waals surface area contributed by atoms with Crippen molar-refractivity contribution in [2.75, 3.05) is 49.9 Å². The molecule has 16 heteroatoms. The van der Waals surface area contributed by atoms with Crippen molar-refractivity contribution < 1.29 is 29.0 Å². The SMILES string of the molecule is Cc1ncsc1-c1ccc([C@H](C)NC(=O)[C@@H]2C[C@@H](O)CN2C(=O)[C@@H](NC(=O)CN2CCN(c3cc(-c4cccc(F)c4O)nnc3N)CC2)C(C)(C)C)cc1. The van der Waals surface area contributed by atoms with Crippen molar-refractivity contribution in [1.29, 1.82) is 0 Å². The zero-order valence-corrected chi connectivity index (χ0v) is 32.4. The minimum Gasteiger partial charge on any atom is -0.504 e. The van der Waals surface area contributed by atoms with Gasteiger partial charge in [0.15, 0.2) is 17.4 Å². The fourth-order valence-corrected chi connectivity index (χ4v) is 7.88. The van der Waals surface area contributed by atoms with Crippen LogP contribution in [0.1, 0.15) is 51.4 Å². The van der Waals surface area contributed by atoms with Crippen molar-refractivity contribution in [3.63, 3.8) is 0 Å². The van der Waals surface area contributed by atoms with E-state index in [2.05, 4.69) is 25.8 Å². The van der Waals surface area contributed by atoms with Gasteiger partial charge in [0, 0.05) is 44.7 Å². The highest BCUT2D eigenvalue weighted by Gasteiger charge is 2.45. The Morgan fingerprint density at radius 2 is 1.76 bits per heavy atom. The smallest absolute Gasteiger partial charge is 0.246 e. The van der Waals surface area contributed by atoms with Gasteiger partial charge in [-0.1, -0.05) is 51.1 Å². The number of aliphatic hydroxyl groups is 1. The van der Waals surface area contributed by atoms with Gasteiger partial charge in [-0.2, -0.15) is 0 Å². The summed E-state index contributed by atoms with van der Waals surface area (Å²) < 4.78 is 14.0. The van der Waals surface area contributed by atoms with Gasteiger partial charge in [-0.05, 0) is 48.6 Å². The number of para-hydroxylation sites is 1. The van der Waals surface area contributed by atoms with E-state index in [1.54, 1.807) is 23.5 Å². The standard InChI is InChI=1S/C39H48FN9O5S/c1-22(24-9-11-25(12-10-24)34-23(2)42-21-55-34)43-37(53)31-17-26(50)19-49(31)38(54)35(39(3,4)5)44-32(51)20-47-13-15-48(16-14-47)30-18-29(45-46-36(30)41)27-7-6-8-28(40)33(27)52/h6-12,18,21-22,26,31,35,50,52H,13-17,19-20H2,1-5H3,(H2,41,46)(H,43,53)(H,44,51)/t22-,26+,31-,35+/m0/s1. The second kappa shape index (κ2) is 16.3. The number of phenolic OH excluding ortho intramolecular Hbond substituents is 1. The van der Waals surface area contributed by atoms with E-state index in [1.807, 2.05) is 74.2 Å². The van der Waals surface area contributed by atoms with Crippen LogP contribution < -0.4 is 21.3 Å². The van der Waals surface area contributed by atoms with Crippen LogP contribution in [0.3, 0.4) is 0 Å². The van der Waals surface area contributed by atoms with Gasteiger partial charge in [-0.3, -0.25) is 19.3 Å². The number of piperazine rings is 1. The number of aromatic nitrogens is 3. The number of likely N-dealkylation sites (tertiary alicyclic amines) is 1. The van der Waals surface area contributed by atoms with Crippen molar-refractivity contribution in [2.45, 2.75) is 65.3 Å². The molecule has 2 aliphatic heterocycles. The molecular formula is C39H48FN9O5S. The Labute approximate surface area is 323 Å². The largest absolute Gasteiger partial charge is 0.504 e. The summed E-state index contributed by atoms with van der Waals surface area (Å²) in [5.41, 5.74) is 11.2. The number of aromatic hydroxyl groups is 1. The predicted molar refractivity (Wildman–Crippen MR) is 209 cm³/mol. The number of benzene rings is 2. The Balaban J connectivity index is 1.06. The molecule has 2 aliphatic rings. The lowest BCUT2D eigenvalue weighted by Gasteiger charge is -2.38. The van der Waals surface area contributed by atoms with Crippen molar-refractivity contribution in [3.8, 4) is 27.4 Å². The van der Waals surface area contributed by atoms with Crippen LogP contribution in [0.15, 0.2) is 54.0 Å². The van der Waals surface area contributed by atoms with Crippen LogP contribution in [0.25, 0.3) is 21.7 Å². The van der Waals surface area contributed by atoms with Gasteiger partial charge in [-0.15, -0.1) is 21.5 Å². The summed E-state index contributed by atoms with van der Waals surface area (Å²) in [5.74, 6) is -2.26. The van der Waals surface area contributed by atoms with E-state index in [0.29, 0.717) is 31.9 Å². The van der Waals surface area contributed by atoms with Gasteiger partial charge in [0.25, 0.3) is 0 Å². The summed E-state index contributed by atoms with van der Waals surface area (Å²) in [6, 6.07) is 11.5. The second-order valence-electron chi connectivity index (χ2n) is 15.3. The maximum absolute atomic E-state index is 14.2. The number of hydrogen-bond acceptors (Lipinski definition) is 12. The molecule has 0 unspecified atom stereocenters. The lowest BCUT2D eigenvalue weighted by atomic mass is 9.85. The van der Waals surface area contributed by atoms with Crippen LogP contribution in [0, 0.1) is 18.2 Å². The maximum atomic E-state index is 14.2. The zero-order chi connectivity index (χ0) is 39.6. The number of nitrogens with two attached hydrogens (primary N) is 1. The molecule has 2 aromatic carbocycles. The van der Waals surface area contributed by atoms with Crippen molar-refractivity contribution >= 4 is 40.6 Å². The summed E-state index contributed by atoms with van der Waals surface area (Å²) in [5, 5.41) is 34.9. The molecule has 2 aromatic heterocycles. The summed E-state index contributed by atoms with van der Waals surface area (Å²) in [7, 11) is 0. The summed E-state index contributed by atoms with van der Waals surface area (Å²) >= 11 is 1.57. The number of thiazole rings is 1. The summed E-state index contributed by atoms with van der Waals surface area (Å²) in [4.78, 5) is 52.0. The van der Waals surface area contributed by atoms with Gasteiger partial charge in [-0.25, -0.2) is 9.37 Å². The molecule has 4 atom stereocenters. The van der Waals surface area contributed by atoms with Gasteiger partial charge in [0.05, 0.1) is 46.2 Å². The monoisotopic (exact) mass is 773 g/mol. The van der Waals surface area contributed by atoms with E-state index < -0.39 is 41.1 Å². The molecule has 0 bridgehead atoms. The fraction of sp³-hybridized carbons (Fsp3) is 0.436. The van der Waals surface area contributed by atoms with Gasteiger partial charge in [0.1, 0.15) is 12.1 Å². The lowest BCUT2D eigenvalue weighted by molar-refractivity contribution is -0.144. The van der Waals surface area contributed by atoms with Crippen LogP contribution in [0.5, 0.6) is 5.75 Å². The van der Waals surface area contributed by atoms with Gasteiger partial charge in [0.2, 0.25) is 17.7 Å². The number of aryl methyl sites for hydroxylation is 1. The molecule has 4 aromatic rings. The van der Waals surface area contributed by atoms with E-state index >= 15 is 0 Å². The average molecular weight is 774 g/mol. The van der Waals surface area contributed by atoms with E-state index in [4.69, 9.17) is 5.73 Å². The number of anilines is 2. The third-order valence-corrected chi connectivity index (χ3v) is 11.2. The van der Waals surface area contributed by atoms with Crippen molar-refractivity contribution in [1.82, 2.24) is 35.6 Å². The topological polar surface area (TPSA) is 190 Å². The number of rotatable bonds is 10. The van der Waals surface area contributed by atoms with E-state index in [0.717, 1.165) is 27.8 Å². The Kier molecular flexibility index (Phi) is 11.7. The van der Waals surface area contributed by atoms with Crippen LogP contribution in [-0.4, -0.2) is 110 Å². The van der Waals surface area contributed by atoms with Crippen LogP contribution >= 0.6 is 11.3 Å². The van der Waals surface area contributed by atoms with Crippen LogP contribution in [-0.2, 0) is 14.4 Å². The van der Waals surface area contributed by atoms with Crippen molar-refractivity contribution in [2.24, 2.45) is 5.41 Å². The van der Waals surface area contributed by atoms with E-state index in [1.165, 1.54) is 11.0 Å². The minimum absolute atomic E-state index is 0.0217. The van der Waals surface area contributed by atoms with Crippen molar-refractivity contribution in [3.05, 3.63) is 71.1 Å². The third kappa shape index (κ3) is 8.87. The molecule has 14 nitrogen and oxygen atoms in total. The first kappa shape index (κ1) is 39.5. The number of nitrogens with zero attached hydrogens (tertiary/aromatic N) is 6. The number of carbonyl (C=O) groups is 3. The maximum Gasteiger partial charge on any atom is 0.246 e. The number of nitrogen functional groups attached to an aromatic ring is 1. The number of amides is 3. The Hall–Kier alpha value is -5.19. The van der Waals surface area contributed by atoms with E-state index in [-0.39, 0.29) is 54.4 Å². The molecule has 6 N–H and O–H groups in total. The number of aliphatic hydroxyl groups excluding tert-OH is 1. The van der Waals surface area contributed by atoms with Gasteiger partial charge < -0.3 is 36.4 Å². The summed E-state index contributed by atoms with van der Waals surface area (Å²) in [6.07, 6.45) is -0.796. The third-order valence-electron chi connectivity index (χ3n) is 10.2.